The van der Waals surface area contributed by atoms with Crippen LogP contribution in [0.2, 0.25) is 0 Å². The average molecular weight is 405 g/mol. The van der Waals surface area contributed by atoms with Gasteiger partial charge < -0.3 is 27.4 Å². The molecule has 3 N–H and O–H groups in total. The van der Waals surface area contributed by atoms with Crippen LogP contribution in [-0.4, -0.2) is 36.7 Å². The Morgan fingerprint density at radius 1 is 1.11 bits per heavy atom. The number of imidazole rings is 2. The summed E-state index contributed by atoms with van der Waals surface area (Å²) in [5.41, 5.74) is 5.83. The number of rotatable bonds is 4. The van der Waals surface area contributed by atoms with Crippen molar-refractivity contribution >= 4 is 16.9 Å². The fourth-order valence-corrected chi connectivity index (χ4v) is 3.39. The van der Waals surface area contributed by atoms with Crippen molar-refractivity contribution in [1.82, 2.24) is 23.1 Å². The summed E-state index contributed by atoms with van der Waals surface area (Å²) in [6.07, 6.45) is 1.88. The van der Waals surface area contributed by atoms with Crippen molar-refractivity contribution in [3.63, 3.8) is 0 Å². The number of aromatic nitrogens is 5. The zero-order valence-corrected chi connectivity index (χ0v) is 16.6. The number of aryl methyl sites for hydroxylation is 1. The molecule has 3 heterocycles. The first-order valence-corrected chi connectivity index (χ1v) is 8.59. The SMILES string of the molecule is COc1ccc(-c2cn3c4c(=O)n(C)c(=O)n(C)c4nc3n2CC[NH3+])cc1.[Cl-]. The number of hydrogen-bond acceptors (Lipinski definition) is 4. The Hall–Kier alpha value is -3.04. The fourth-order valence-electron chi connectivity index (χ4n) is 3.39. The molecule has 0 aliphatic heterocycles. The van der Waals surface area contributed by atoms with Crippen LogP contribution in [0, 0.1) is 0 Å². The summed E-state index contributed by atoms with van der Waals surface area (Å²) in [7, 11) is 4.72. The van der Waals surface area contributed by atoms with E-state index in [0.29, 0.717) is 30.0 Å². The molecule has 0 saturated heterocycles. The van der Waals surface area contributed by atoms with Gasteiger partial charge in [0.05, 0.1) is 25.9 Å². The van der Waals surface area contributed by atoms with E-state index in [-0.39, 0.29) is 18.0 Å². The molecule has 10 heteroatoms. The zero-order valence-electron chi connectivity index (χ0n) is 15.8. The number of halogens is 1. The molecule has 0 spiro atoms. The molecule has 0 amide bonds. The van der Waals surface area contributed by atoms with Crippen molar-refractivity contribution < 1.29 is 22.9 Å². The van der Waals surface area contributed by atoms with E-state index in [1.165, 1.54) is 11.6 Å². The first-order valence-electron chi connectivity index (χ1n) is 8.59. The molecule has 0 unspecified atom stereocenters. The summed E-state index contributed by atoms with van der Waals surface area (Å²) in [4.78, 5) is 29.5. The first-order chi connectivity index (χ1) is 13.0. The van der Waals surface area contributed by atoms with Crippen LogP contribution in [0.5, 0.6) is 5.75 Å². The minimum Gasteiger partial charge on any atom is -1.00 e. The lowest BCUT2D eigenvalue weighted by atomic mass is 10.1. The Bertz CT molecular complexity index is 1280. The second-order valence-corrected chi connectivity index (χ2v) is 6.41. The van der Waals surface area contributed by atoms with Gasteiger partial charge in [-0.05, 0) is 24.3 Å². The molecule has 28 heavy (non-hydrogen) atoms. The summed E-state index contributed by atoms with van der Waals surface area (Å²) < 4.78 is 11.5. The molecule has 1 aromatic carbocycles. The molecule has 3 aromatic heterocycles. The van der Waals surface area contributed by atoms with Crippen LogP contribution in [-0.2, 0) is 20.6 Å². The molecule has 0 aliphatic rings. The average Bonchev–Trinajstić information content (AvgIpc) is 3.22. The van der Waals surface area contributed by atoms with Gasteiger partial charge in [-0.25, -0.2) is 4.79 Å². The quantitative estimate of drug-likeness (QED) is 0.383. The number of methoxy groups -OCH3 is 1. The summed E-state index contributed by atoms with van der Waals surface area (Å²) in [6, 6.07) is 7.70. The van der Waals surface area contributed by atoms with Gasteiger partial charge in [-0.3, -0.25) is 18.3 Å². The summed E-state index contributed by atoms with van der Waals surface area (Å²) in [6.45, 7) is 1.29. The normalized spacial score (nSPS) is 11.1. The van der Waals surface area contributed by atoms with Gasteiger partial charge in [0.25, 0.3) is 5.56 Å². The van der Waals surface area contributed by atoms with E-state index >= 15 is 0 Å². The van der Waals surface area contributed by atoms with Gasteiger partial charge in [0, 0.05) is 25.9 Å². The Balaban J connectivity index is 0.00000225. The molecule has 0 radical (unpaired) electrons. The highest BCUT2D eigenvalue weighted by Gasteiger charge is 2.20. The number of benzene rings is 1. The van der Waals surface area contributed by atoms with Crippen molar-refractivity contribution in [2.24, 2.45) is 14.1 Å². The minimum absolute atomic E-state index is 0. The predicted octanol–water partition coefficient (Wildman–Crippen LogP) is -3.39. The number of hydrogen-bond donors (Lipinski definition) is 1. The molecular weight excluding hydrogens is 384 g/mol. The second kappa shape index (κ2) is 7.17. The number of ether oxygens (including phenoxy) is 1. The van der Waals surface area contributed by atoms with Crippen molar-refractivity contribution in [1.29, 1.82) is 0 Å². The van der Waals surface area contributed by atoms with Crippen LogP contribution in [0.4, 0.5) is 0 Å². The van der Waals surface area contributed by atoms with E-state index in [1.807, 2.05) is 35.0 Å². The number of nitrogens with zero attached hydrogens (tertiary/aromatic N) is 5. The first kappa shape index (κ1) is 19.7. The molecule has 148 valence electrons. The molecule has 0 atom stereocenters. The molecule has 9 nitrogen and oxygen atoms in total. The molecule has 4 rings (SSSR count). The highest BCUT2D eigenvalue weighted by Crippen LogP contribution is 2.26. The number of fused-ring (bicyclic) bond motifs is 3. The lowest BCUT2D eigenvalue weighted by Gasteiger charge is -2.07. The van der Waals surface area contributed by atoms with E-state index < -0.39 is 5.69 Å². The lowest BCUT2D eigenvalue weighted by molar-refractivity contribution is -0.369. The van der Waals surface area contributed by atoms with E-state index in [1.54, 1.807) is 18.6 Å². The van der Waals surface area contributed by atoms with E-state index in [4.69, 9.17) is 4.74 Å². The third-order valence-electron chi connectivity index (χ3n) is 4.82. The zero-order chi connectivity index (χ0) is 19.3. The standard InChI is InChI=1S/C18H20N6O3.ClH/c1-21-15-14(16(25)22(2)18(21)26)24-10-13(23(9-8-19)17(24)20-15)11-4-6-12(27-3)7-5-11;/h4-7,10H,8-9,19H2,1-3H3;1H. The Morgan fingerprint density at radius 2 is 1.79 bits per heavy atom. The van der Waals surface area contributed by atoms with Gasteiger partial charge in [-0.15, -0.1) is 0 Å². The molecule has 0 bridgehead atoms. The van der Waals surface area contributed by atoms with Gasteiger partial charge in [-0.2, -0.15) is 4.98 Å². The third kappa shape index (κ3) is 2.71. The maximum atomic E-state index is 12.7. The Morgan fingerprint density at radius 3 is 2.39 bits per heavy atom. The summed E-state index contributed by atoms with van der Waals surface area (Å²) in [5.74, 6) is 1.38. The van der Waals surface area contributed by atoms with Crippen molar-refractivity contribution in [2.45, 2.75) is 6.54 Å². The highest BCUT2D eigenvalue weighted by atomic mass is 35.5. The largest absolute Gasteiger partial charge is 1.00 e. The predicted molar refractivity (Wildman–Crippen MR) is 101 cm³/mol. The summed E-state index contributed by atoms with van der Waals surface area (Å²) in [5, 5.41) is 0. The van der Waals surface area contributed by atoms with Crippen LogP contribution in [0.25, 0.3) is 28.2 Å². The minimum atomic E-state index is -0.396. The summed E-state index contributed by atoms with van der Waals surface area (Å²) >= 11 is 0. The van der Waals surface area contributed by atoms with Crippen molar-refractivity contribution in [2.75, 3.05) is 13.7 Å². The Labute approximate surface area is 166 Å². The van der Waals surface area contributed by atoms with Crippen LogP contribution in [0.15, 0.2) is 40.1 Å². The molecule has 4 aromatic rings. The monoisotopic (exact) mass is 404 g/mol. The van der Waals surface area contributed by atoms with Crippen LogP contribution < -0.4 is 34.1 Å². The van der Waals surface area contributed by atoms with Gasteiger partial charge in [0.2, 0.25) is 5.78 Å². The molecule has 0 saturated carbocycles. The van der Waals surface area contributed by atoms with Gasteiger partial charge in [0.1, 0.15) is 5.75 Å². The van der Waals surface area contributed by atoms with Crippen LogP contribution in [0.3, 0.4) is 0 Å². The van der Waals surface area contributed by atoms with Crippen molar-refractivity contribution in [3.8, 4) is 17.0 Å². The maximum absolute atomic E-state index is 12.7. The van der Waals surface area contributed by atoms with Gasteiger partial charge in [0.15, 0.2) is 11.2 Å². The fraction of sp³-hybridized carbons (Fsp3) is 0.278. The topological polar surface area (TPSA) is 103 Å². The Kier molecular flexibility index (Phi) is 5.05. The third-order valence-corrected chi connectivity index (χ3v) is 4.82. The van der Waals surface area contributed by atoms with Gasteiger partial charge in [-0.1, -0.05) is 0 Å². The molecule has 0 fully saturated rings. The van der Waals surface area contributed by atoms with E-state index in [0.717, 1.165) is 21.6 Å². The molecular formula is C18H21ClN6O3. The van der Waals surface area contributed by atoms with E-state index in [2.05, 4.69) is 10.7 Å². The van der Waals surface area contributed by atoms with Gasteiger partial charge >= 0.3 is 5.69 Å². The van der Waals surface area contributed by atoms with E-state index in [9.17, 15) is 9.59 Å². The van der Waals surface area contributed by atoms with Crippen LogP contribution >= 0.6 is 0 Å². The second-order valence-electron chi connectivity index (χ2n) is 6.41. The van der Waals surface area contributed by atoms with Crippen LogP contribution in [0.1, 0.15) is 0 Å². The lowest BCUT2D eigenvalue weighted by Crippen LogP contribution is -3.00. The molecule has 0 aliphatic carbocycles. The smallest absolute Gasteiger partial charge is 0.332 e. The number of quaternary nitrogens is 1. The maximum Gasteiger partial charge on any atom is 0.332 e. The van der Waals surface area contributed by atoms with Crippen molar-refractivity contribution in [3.05, 3.63) is 51.3 Å². The highest BCUT2D eigenvalue weighted by molar-refractivity contribution is 5.78.